The van der Waals surface area contributed by atoms with Gasteiger partial charge in [0.2, 0.25) is 11.0 Å². The molecule has 0 aliphatic rings. The zero-order valence-electron chi connectivity index (χ0n) is 12.9. The second-order valence-corrected chi connectivity index (χ2v) is 6.14. The number of carbonyl (C=O) groups excluding carboxylic acids is 1. The third-order valence-corrected chi connectivity index (χ3v) is 3.81. The molecule has 0 saturated carbocycles. The summed E-state index contributed by atoms with van der Waals surface area (Å²) in [6.07, 6.45) is 3.26. The summed E-state index contributed by atoms with van der Waals surface area (Å²) < 4.78 is 4.96. The highest BCUT2D eigenvalue weighted by atomic mass is 32.1. The summed E-state index contributed by atoms with van der Waals surface area (Å²) in [5, 5.41) is 11.7. The molecule has 0 atom stereocenters. The molecule has 0 fully saturated rings. The van der Waals surface area contributed by atoms with E-state index < -0.39 is 0 Å². The minimum Gasteiger partial charge on any atom is -0.377 e. The van der Waals surface area contributed by atoms with Crippen LogP contribution in [0.4, 0.5) is 5.13 Å². The lowest BCUT2D eigenvalue weighted by atomic mass is 10.0. The third kappa shape index (κ3) is 4.75. The van der Waals surface area contributed by atoms with Gasteiger partial charge in [0, 0.05) is 13.2 Å². The van der Waals surface area contributed by atoms with Crippen LogP contribution in [0.1, 0.15) is 35.9 Å². The molecule has 1 aromatic heterocycles. The summed E-state index contributed by atoms with van der Waals surface area (Å²) in [4.78, 5) is 11.8. The lowest BCUT2D eigenvalue weighted by molar-refractivity contribution is -0.111. The maximum atomic E-state index is 11.8. The first-order valence-electron chi connectivity index (χ1n) is 6.99. The van der Waals surface area contributed by atoms with E-state index in [1.54, 1.807) is 13.2 Å². The standard InChI is InChI=1S/C16H19N3O2S/c1-11(2)13-7-4-12(5-8-13)6-9-14(20)17-16-19-18-15(22-16)10-21-3/h4-9,11H,10H2,1-3H3,(H,17,19,20)/b9-6+. The van der Waals surface area contributed by atoms with Crippen LogP contribution in [0.15, 0.2) is 30.3 Å². The van der Waals surface area contributed by atoms with Gasteiger partial charge in [-0.2, -0.15) is 0 Å². The number of rotatable bonds is 6. The number of aromatic nitrogens is 2. The number of carbonyl (C=O) groups is 1. The number of ether oxygens (including phenoxy) is 1. The van der Waals surface area contributed by atoms with Crippen LogP contribution in [0.2, 0.25) is 0 Å². The van der Waals surface area contributed by atoms with Crippen LogP contribution >= 0.6 is 11.3 Å². The van der Waals surface area contributed by atoms with E-state index in [2.05, 4.69) is 41.5 Å². The number of anilines is 1. The Bertz CT molecular complexity index is 648. The molecule has 5 nitrogen and oxygen atoms in total. The van der Waals surface area contributed by atoms with Gasteiger partial charge in [0.25, 0.3) is 0 Å². The van der Waals surface area contributed by atoms with Crippen LogP contribution in [-0.2, 0) is 16.1 Å². The van der Waals surface area contributed by atoms with E-state index in [-0.39, 0.29) is 5.91 Å². The van der Waals surface area contributed by atoms with Gasteiger partial charge in [-0.3, -0.25) is 10.1 Å². The second kappa shape index (κ2) is 7.82. The average molecular weight is 317 g/mol. The summed E-state index contributed by atoms with van der Waals surface area (Å²) in [5.41, 5.74) is 2.26. The molecule has 1 heterocycles. The fraction of sp³-hybridized carbons (Fsp3) is 0.312. The molecular weight excluding hydrogens is 298 g/mol. The van der Waals surface area contributed by atoms with E-state index in [4.69, 9.17) is 4.74 Å². The third-order valence-electron chi connectivity index (χ3n) is 3.00. The lowest BCUT2D eigenvalue weighted by Gasteiger charge is -2.04. The zero-order valence-corrected chi connectivity index (χ0v) is 13.7. The van der Waals surface area contributed by atoms with Gasteiger partial charge in [-0.05, 0) is 23.1 Å². The second-order valence-electron chi connectivity index (χ2n) is 5.08. The first-order chi connectivity index (χ1) is 10.6. The number of nitrogens with one attached hydrogen (secondary N) is 1. The predicted octanol–water partition coefficient (Wildman–Crippen LogP) is 3.46. The Morgan fingerprint density at radius 2 is 2.05 bits per heavy atom. The zero-order chi connectivity index (χ0) is 15.9. The lowest BCUT2D eigenvalue weighted by Crippen LogP contribution is -2.07. The van der Waals surface area contributed by atoms with Crippen LogP contribution in [0.5, 0.6) is 0 Å². The minimum absolute atomic E-state index is 0.229. The fourth-order valence-electron chi connectivity index (χ4n) is 1.80. The number of benzene rings is 1. The van der Waals surface area contributed by atoms with Gasteiger partial charge in [-0.15, -0.1) is 10.2 Å². The van der Waals surface area contributed by atoms with Crippen molar-refractivity contribution in [3.8, 4) is 0 Å². The topological polar surface area (TPSA) is 64.1 Å². The molecule has 2 aromatic rings. The monoisotopic (exact) mass is 317 g/mol. The smallest absolute Gasteiger partial charge is 0.250 e. The van der Waals surface area contributed by atoms with E-state index in [0.717, 1.165) is 10.6 Å². The molecular formula is C16H19N3O2S. The Balaban J connectivity index is 1.92. The molecule has 0 bridgehead atoms. The highest BCUT2D eigenvalue weighted by molar-refractivity contribution is 7.15. The maximum Gasteiger partial charge on any atom is 0.250 e. The highest BCUT2D eigenvalue weighted by Gasteiger charge is 2.05. The van der Waals surface area contributed by atoms with Gasteiger partial charge in [0.15, 0.2) is 0 Å². The summed E-state index contributed by atoms with van der Waals surface area (Å²) in [5.74, 6) is 0.271. The van der Waals surface area contributed by atoms with Crippen LogP contribution in [0.3, 0.4) is 0 Å². The van der Waals surface area contributed by atoms with E-state index in [0.29, 0.717) is 17.7 Å². The molecule has 0 radical (unpaired) electrons. The van der Waals surface area contributed by atoms with Crippen molar-refractivity contribution in [3.63, 3.8) is 0 Å². The van der Waals surface area contributed by atoms with Crippen LogP contribution in [0.25, 0.3) is 6.08 Å². The van der Waals surface area contributed by atoms with Crippen molar-refractivity contribution in [3.05, 3.63) is 46.5 Å². The first kappa shape index (κ1) is 16.3. The molecule has 1 N–H and O–H groups in total. The SMILES string of the molecule is COCc1nnc(NC(=O)/C=C/c2ccc(C(C)C)cc2)s1. The van der Waals surface area contributed by atoms with Crippen molar-refractivity contribution >= 4 is 28.5 Å². The highest BCUT2D eigenvalue weighted by Crippen LogP contribution is 2.17. The molecule has 2 rings (SSSR count). The molecule has 22 heavy (non-hydrogen) atoms. The molecule has 0 spiro atoms. The summed E-state index contributed by atoms with van der Waals surface area (Å²) in [6.45, 7) is 4.70. The molecule has 0 aliphatic heterocycles. The number of hydrogen-bond acceptors (Lipinski definition) is 5. The molecule has 116 valence electrons. The van der Waals surface area contributed by atoms with Gasteiger partial charge >= 0.3 is 0 Å². The van der Waals surface area contributed by atoms with E-state index in [1.807, 2.05) is 12.1 Å². The van der Waals surface area contributed by atoms with E-state index in [1.165, 1.54) is 23.0 Å². The Morgan fingerprint density at radius 1 is 1.32 bits per heavy atom. The quantitative estimate of drug-likeness (QED) is 0.829. The number of methoxy groups -OCH3 is 1. The Labute approximate surface area is 134 Å². The van der Waals surface area contributed by atoms with Gasteiger partial charge in [-0.1, -0.05) is 49.4 Å². The molecule has 6 heteroatoms. The van der Waals surface area contributed by atoms with Crippen molar-refractivity contribution in [1.29, 1.82) is 0 Å². The van der Waals surface area contributed by atoms with Crippen molar-refractivity contribution in [2.24, 2.45) is 0 Å². The molecule has 0 aliphatic carbocycles. The average Bonchev–Trinajstić information content (AvgIpc) is 2.93. The van der Waals surface area contributed by atoms with Gasteiger partial charge in [0.1, 0.15) is 11.6 Å². The van der Waals surface area contributed by atoms with E-state index >= 15 is 0 Å². The van der Waals surface area contributed by atoms with Crippen LogP contribution in [-0.4, -0.2) is 23.2 Å². The molecule has 1 amide bonds. The Hall–Kier alpha value is -2.05. The molecule has 1 aromatic carbocycles. The van der Waals surface area contributed by atoms with Crippen molar-refractivity contribution in [2.45, 2.75) is 26.4 Å². The van der Waals surface area contributed by atoms with Gasteiger partial charge < -0.3 is 4.74 Å². The number of amides is 1. The normalized spacial score (nSPS) is 11.3. The molecule has 0 saturated heterocycles. The number of nitrogens with zero attached hydrogens (tertiary/aromatic N) is 2. The predicted molar refractivity (Wildman–Crippen MR) is 88.8 cm³/mol. The Morgan fingerprint density at radius 3 is 2.68 bits per heavy atom. The fourth-order valence-corrected chi connectivity index (χ4v) is 2.51. The van der Waals surface area contributed by atoms with Crippen molar-refractivity contribution in [2.75, 3.05) is 12.4 Å². The number of hydrogen-bond donors (Lipinski definition) is 1. The molecule has 0 unspecified atom stereocenters. The summed E-state index contributed by atoms with van der Waals surface area (Å²) in [7, 11) is 1.59. The minimum atomic E-state index is -0.229. The van der Waals surface area contributed by atoms with E-state index in [9.17, 15) is 4.79 Å². The summed E-state index contributed by atoms with van der Waals surface area (Å²) >= 11 is 1.30. The van der Waals surface area contributed by atoms with Crippen molar-refractivity contribution in [1.82, 2.24) is 10.2 Å². The first-order valence-corrected chi connectivity index (χ1v) is 7.80. The Kier molecular flexibility index (Phi) is 5.80. The van der Waals surface area contributed by atoms with Crippen LogP contribution in [0, 0.1) is 0 Å². The van der Waals surface area contributed by atoms with Crippen molar-refractivity contribution < 1.29 is 9.53 Å². The maximum absolute atomic E-state index is 11.8. The van der Waals surface area contributed by atoms with Gasteiger partial charge in [0.05, 0.1) is 0 Å². The van der Waals surface area contributed by atoms with Crippen LogP contribution < -0.4 is 5.32 Å². The van der Waals surface area contributed by atoms with Gasteiger partial charge in [-0.25, -0.2) is 0 Å². The summed E-state index contributed by atoms with van der Waals surface area (Å²) in [6, 6.07) is 8.15. The largest absolute Gasteiger partial charge is 0.377 e.